The molecule has 1 aliphatic rings. The highest BCUT2D eigenvalue weighted by Gasteiger charge is 2.33. The average Bonchev–Trinajstić information content (AvgIpc) is 2.17. The molecule has 0 aromatic rings. The zero-order valence-corrected chi connectivity index (χ0v) is 10.1. The van der Waals surface area contributed by atoms with Crippen molar-refractivity contribution in [1.29, 1.82) is 0 Å². The Morgan fingerprint density at radius 1 is 1.50 bits per heavy atom. The lowest BCUT2D eigenvalue weighted by Crippen LogP contribution is -2.48. The molecule has 0 aromatic heterocycles. The van der Waals surface area contributed by atoms with E-state index in [9.17, 15) is 8.78 Å². The Morgan fingerprint density at radius 2 is 2.25 bits per heavy atom. The highest BCUT2D eigenvalue weighted by atomic mass is 19.3. The van der Waals surface area contributed by atoms with Gasteiger partial charge in [0, 0.05) is 25.1 Å². The Kier molecular flexibility index (Phi) is 5.58. The van der Waals surface area contributed by atoms with Crippen LogP contribution in [0.3, 0.4) is 0 Å². The molecule has 1 N–H and O–H groups in total. The van der Waals surface area contributed by atoms with Gasteiger partial charge >= 0.3 is 0 Å². The molecule has 0 bridgehead atoms. The smallest absolute Gasteiger partial charge is 0.251 e. The van der Waals surface area contributed by atoms with Crippen molar-refractivity contribution in [3.63, 3.8) is 0 Å². The summed E-state index contributed by atoms with van der Waals surface area (Å²) in [5, 5.41) is 3.14. The van der Waals surface area contributed by atoms with Gasteiger partial charge in [0.1, 0.15) is 0 Å². The minimum absolute atomic E-state index is 0.00333. The first-order valence-electron chi connectivity index (χ1n) is 5.77. The van der Waals surface area contributed by atoms with E-state index in [0.717, 1.165) is 26.0 Å². The highest BCUT2D eigenvalue weighted by molar-refractivity contribution is 4.86. The van der Waals surface area contributed by atoms with Gasteiger partial charge < -0.3 is 15.0 Å². The van der Waals surface area contributed by atoms with Crippen LogP contribution in [0.4, 0.5) is 8.78 Å². The molecule has 0 radical (unpaired) electrons. The number of alkyl halides is 2. The standard InChI is InChI=1S/C11H22F2N2O/c1-14-7-11(4-3-5-16-9-11)8-15(2)6-10(12)13/h10,14H,3-9H2,1-2H3. The fourth-order valence-corrected chi connectivity index (χ4v) is 2.48. The first-order valence-corrected chi connectivity index (χ1v) is 5.77. The number of ether oxygens (including phenoxy) is 1. The molecule has 0 amide bonds. The summed E-state index contributed by atoms with van der Waals surface area (Å²) in [4.78, 5) is 1.71. The van der Waals surface area contributed by atoms with E-state index >= 15 is 0 Å². The first kappa shape index (κ1) is 13.8. The Labute approximate surface area is 96.1 Å². The van der Waals surface area contributed by atoms with Gasteiger partial charge in [-0.2, -0.15) is 0 Å². The summed E-state index contributed by atoms with van der Waals surface area (Å²) in [6.07, 6.45) is -0.202. The van der Waals surface area contributed by atoms with Crippen LogP contribution in [0, 0.1) is 5.41 Å². The molecule has 5 heteroatoms. The predicted octanol–water partition coefficient (Wildman–Crippen LogP) is 1.20. The third-order valence-corrected chi connectivity index (χ3v) is 3.01. The van der Waals surface area contributed by atoms with E-state index in [1.165, 1.54) is 0 Å². The van der Waals surface area contributed by atoms with Gasteiger partial charge in [-0.05, 0) is 26.9 Å². The van der Waals surface area contributed by atoms with Crippen LogP contribution in [0.2, 0.25) is 0 Å². The molecule has 3 nitrogen and oxygen atoms in total. The fraction of sp³-hybridized carbons (Fsp3) is 1.00. The number of rotatable bonds is 6. The van der Waals surface area contributed by atoms with Crippen LogP contribution >= 0.6 is 0 Å². The summed E-state index contributed by atoms with van der Waals surface area (Å²) in [7, 11) is 3.64. The molecule has 1 heterocycles. The summed E-state index contributed by atoms with van der Waals surface area (Å²) in [6.45, 7) is 2.79. The average molecular weight is 236 g/mol. The number of nitrogens with zero attached hydrogens (tertiary/aromatic N) is 1. The van der Waals surface area contributed by atoms with Crippen molar-refractivity contribution in [1.82, 2.24) is 10.2 Å². The molecule has 0 spiro atoms. The maximum absolute atomic E-state index is 12.3. The van der Waals surface area contributed by atoms with Crippen molar-refractivity contribution in [2.24, 2.45) is 5.41 Å². The van der Waals surface area contributed by atoms with E-state index in [1.807, 2.05) is 7.05 Å². The molecule has 1 fully saturated rings. The molecule has 16 heavy (non-hydrogen) atoms. The highest BCUT2D eigenvalue weighted by Crippen LogP contribution is 2.28. The zero-order chi connectivity index (χ0) is 12.0. The predicted molar refractivity (Wildman–Crippen MR) is 59.9 cm³/mol. The van der Waals surface area contributed by atoms with E-state index in [4.69, 9.17) is 4.74 Å². The van der Waals surface area contributed by atoms with Crippen molar-refractivity contribution >= 4 is 0 Å². The van der Waals surface area contributed by atoms with E-state index in [-0.39, 0.29) is 12.0 Å². The Morgan fingerprint density at radius 3 is 2.75 bits per heavy atom. The van der Waals surface area contributed by atoms with Gasteiger partial charge in [0.2, 0.25) is 0 Å². The maximum atomic E-state index is 12.3. The van der Waals surface area contributed by atoms with Gasteiger partial charge in [0.25, 0.3) is 6.43 Å². The van der Waals surface area contributed by atoms with E-state index in [2.05, 4.69) is 5.32 Å². The Hall–Kier alpha value is -0.260. The normalized spacial score (nSPS) is 26.6. The zero-order valence-electron chi connectivity index (χ0n) is 10.1. The van der Waals surface area contributed by atoms with Gasteiger partial charge in [-0.15, -0.1) is 0 Å². The maximum Gasteiger partial charge on any atom is 0.251 e. The molecule has 1 rings (SSSR count). The second-order valence-electron chi connectivity index (χ2n) is 4.77. The molecule has 0 aromatic carbocycles. The minimum atomic E-state index is -2.26. The van der Waals surface area contributed by atoms with Gasteiger partial charge in [-0.1, -0.05) is 0 Å². The van der Waals surface area contributed by atoms with Gasteiger partial charge in [0.05, 0.1) is 13.2 Å². The third kappa shape index (κ3) is 4.31. The SMILES string of the molecule is CNCC1(CN(C)CC(F)F)CCCOC1. The molecule has 1 saturated heterocycles. The summed E-state index contributed by atoms with van der Waals surface area (Å²) < 4.78 is 30.0. The molecule has 96 valence electrons. The molecule has 0 aliphatic carbocycles. The summed E-state index contributed by atoms with van der Waals surface area (Å²) in [5.41, 5.74) is -0.00333. The van der Waals surface area contributed by atoms with E-state index in [0.29, 0.717) is 13.2 Å². The quantitative estimate of drug-likeness (QED) is 0.750. The fourth-order valence-electron chi connectivity index (χ4n) is 2.48. The van der Waals surface area contributed by atoms with Crippen molar-refractivity contribution < 1.29 is 13.5 Å². The summed E-state index contributed by atoms with van der Waals surface area (Å²) in [6, 6.07) is 0. The second kappa shape index (κ2) is 6.47. The topological polar surface area (TPSA) is 24.5 Å². The molecular weight excluding hydrogens is 214 g/mol. The molecular formula is C11H22F2N2O. The van der Waals surface area contributed by atoms with Crippen LogP contribution < -0.4 is 5.32 Å². The number of halogens is 2. The van der Waals surface area contributed by atoms with E-state index < -0.39 is 6.43 Å². The van der Waals surface area contributed by atoms with Crippen molar-refractivity contribution in [3.8, 4) is 0 Å². The van der Waals surface area contributed by atoms with E-state index in [1.54, 1.807) is 11.9 Å². The van der Waals surface area contributed by atoms with Crippen LogP contribution in [-0.2, 0) is 4.74 Å². The Balaban J connectivity index is 2.48. The van der Waals surface area contributed by atoms with Gasteiger partial charge in [0.15, 0.2) is 0 Å². The number of hydrogen-bond acceptors (Lipinski definition) is 3. The minimum Gasteiger partial charge on any atom is -0.381 e. The molecule has 1 unspecified atom stereocenters. The number of hydrogen-bond donors (Lipinski definition) is 1. The van der Waals surface area contributed by atoms with Crippen LogP contribution in [0.1, 0.15) is 12.8 Å². The largest absolute Gasteiger partial charge is 0.381 e. The lowest BCUT2D eigenvalue weighted by Gasteiger charge is -2.39. The third-order valence-electron chi connectivity index (χ3n) is 3.01. The Bertz CT molecular complexity index is 191. The van der Waals surface area contributed by atoms with Gasteiger partial charge in [-0.3, -0.25) is 0 Å². The van der Waals surface area contributed by atoms with Gasteiger partial charge in [-0.25, -0.2) is 8.78 Å². The molecule has 0 saturated carbocycles. The van der Waals surface area contributed by atoms with Crippen molar-refractivity contribution in [2.75, 3.05) is 46.9 Å². The monoisotopic (exact) mass is 236 g/mol. The van der Waals surface area contributed by atoms with Crippen LogP contribution in [0.5, 0.6) is 0 Å². The summed E-state index contributed by atoms with van der Waals surface area (Å²) >= 11 is 0. The lowest BCUT2D eigenvalue weighted by atomic mass is 9.82. The molecule has 1 aliphatic heterocycles. The summed E-state index contributed by atoms with van der Waals surface area (Å²) in [5.74, 6) is 0. The van der Waals surface area contributed by atoms with Crippen LogP contribution in [-0.4, -0.2) is 58.3 Å². The second-order valence-corrected chi connectivity index (χ2v) is 4.77. The van der Waals surface area contributed by atoms with Crippen molar-refractivity contribution in [2.45, 2.75) is 19.3 Å². The van der Waals surface area contributed by atoms with Crippen LogP contribution in [0.25, 0.3) is 0 Å². The first-order chi connectivity index (χ1) is 7.58. The number of nitrogens with one attached hydrogen (secondary N) is 1. The lowest BCUT2D eigenvalue weighted by molar-refractivity contribution is -0.0286. The van der Waals surface area contributed by atoms with Crippen molar-refractivity contribution in [3.05, 3.63) is 0 Å². The van der Waals surface area contributed by atoms with Crippen LogP contribution in [0.15, 0.2) is 0 Å². The molecule has 1 atom stereocenters.